The number of benzene rings is 1. The van der Waals surface area contributed by atoms with Gasteiger partial charge in [0.1, 0.15) is 5.75 Å². The molecule has 1 aliphatic heterocycles. The largest absolute Gasteiger partial charge is 0.496 e. The van der Waals surface area contributed by atoms with Crippen molar-refractivity contribution in [1.82, 2.24) is 5.32 Å². The van der Waals surface area contributed by atoms with Crippen LogP contribution in [0.5, 0.6) is 5.75 Å². The van der Waals surface area contributed by atoms with Gasteiger partial charge in [-0.1, -0.05) is 13.8 Å². The minimum absolute atomic E-state index is 0.493. The van der Waals surface area contributed by atoms with Crippen molar-refractivity contribution >= 4 is 5.69 Å². The summed E-state index contributed by atoms with van der Waals surface area (Å²) in [5.74, 6) is 1.49. The molecule has 17 heavy (non-hydrogen) atoms. The standard InChI is InChI=1S/C14H22N2O/c1-11(2)13-10-12(4-5-14(13)17-3)16-8-6-15-7-9-16/h4-5,10-11,15H,6-9H2,1-3H3. The maximum absolute atomic E-state index is 5.42. The van der Waals surface area contributed by atoms with E-state index < -0.39 is 0 Å². The van der Waals surface area contributed by atoms with Gasteiger partial charge in [0.25, 0.3) is 0 Å². The Morgan fingerprint density at radius 2 is 1.94 bits per heavy atom. The molecule has 3 heteroatoms. The van der Waals surface area contributed by atoms with Crippen LogP contribution in [0, 0.1) is 0 Å². The van der Waals surface area contributed by atoms with Crippen molar-refractivity contribution in [2.75, 3.05) is 38.2 Å². The topological polar surface area (TPSA) is 24.5 Å². The summed E-state index contributed by atoms with van der Waals surface area (Å²) in [5, 5.41) is 3.38. The molecule has 0 saturated carbocycles. The van der Waals surface area contributed by atoms with Gasteiger partial charge in [-0.25, -0.2) is 0 Å². The van der Waals surface area contributed by atoms with Crippen LogP contribution >= 0.6 is 0 Å². The second-order valence-electron chi connectivity index (χ2n) is 4.82. The van der Waals surface area contributed by atoms with Gasteiger partial charge in [0.05, 0.1) is 7.11 Å². The van der Waals surface area contributed by atoms with Crippen LogP contribution in [0.15, 0.2) is 18.2 Å². The van der Waals surface area contributed by atoms with Crippen molar-refractivity contribution in [3.63, 3.8) is 0 Å². The molecule has 0 amide bonds. The predicted octanol–water partition coefficient (Wildman–Crippen LogP) is 2.23. The fraction of sp³-hybridized carbons (Fsp3) is 0.571. The van der Waals surface area contributed by atoms with Gasteiger partial charge < -0.3 is 15.0 Å². The first kappa shape index (κ1) is 12.2. The zero-order valence-corrected chi connectivity index (χ0v) is 11.0. The Balaban J connectivity index is 2.26. The van der Waals surface area contributed by atoms with Gasteiger partial charge in [-0.15, -0.1) is 0 Å². The third-order valence-corrected chi connectivity index (χ3v) is 3.32. The van der Waals surface area contributed by atoms with Gasteiger partial charge in [0.2, 0.25) is 0 Å². The van der Waals surface area contributed by atoms with Crippen molar-refractivity contribution in [3.8, 4) is 5.75 Å². The molecule has 0 atom stereocenters. The average Bonchev–Trinajstić information content (AvgIpc) is 2.39. The summed E-state index contributed by atoms with van der Waals surface area (Å²) in [6, 6.07) is 6.53. The number of rotatable bonds is 3. The van der Waals surface area contributed by atoms with E-state index in [1.54, 1.807) is 7.11 Å². The molecule has 0 spiro atoms. The van der Waals surface area contributed by atoms with Crippen LogP contribution in [-0.4, -0.2) is 33.3 Å². The highest BCUT2D eigenvalue weighted by molar-refractivity contribution is 5.54. The lowest BCUT2D eigenvalue weighted by atomic mass is 10.0. The molecule has 2 rings (SSSR count). The first-order chi connectivity index (χ1) is 8.22. The van der Waals surface area contributed by atoms with Crippen molar-refractivity contribution in [2.24, 2.45) is 0 Å². The van der Waals surface area contributed by atoms with Crippen molar-refractivity contribution in [1.29, 1.82) is 0 Å². The highest BCUT2D eigenvalue weighted by Crippen LogP contribution is 2.30. The highest BCUT2D eigenvalue weighted by Gasteiger charge is 2.14. The van der Waals surface area contributed by atoms with E-state index >= 15 is 0 Å². The second kappa shape index (κ2) is 5.41. The Morgan fingerprint density at radius 1 is 1.24 bits per heavy atom. The van der Waals surface area contributed by atoms with Gasteiger partial charge in [0.15, 0.2) is 0 Å². The fourth-order valence-electron chi connectivity index (χ4n) is 2.29. The van der Waals surface area contributed by atoms with E-state index in [2.05, 4.69) is 42.3 Å². The normalized spacial score (nSPS) is 16.4. The molecule has 1 saturated heterocycles. The molecule has 1 aromatic rings. The molecular weight excluding hydrogens is 212 g/mol. The lowest BCUT2D eigenvalue weighted by Crippen LogP contribution is -2.43. The van der Waals surface area contributed by atoms with E-state index in [1.165, 1.54) is 11.3 Å². The van der Waals surface area contributed by atoms with Crippen molar-refractivity contribution < 1.29 is 4.74 Å². The Hall–Kier alpha value is -1.22. The average molecular weight is 234 g/mol. The molecule has 0 bridgehead atoms. The molecule has 94 valence electrons. The number of nitrogens with one attached hydrogen (secondary N) is 1. The zero-order chi connectivity index (χ0) is 12.3. The molecule has 1 heterocycles. The summed E-state index contributed by atoms with van der Waals surface area (Å²) >= 11 is 0. The van der Waals surface area contributed by atoms with Gasteiger partial charge in [-0.3, -0.25) is 0 Å². The summed E-state index contributed by atoms with van der Waals surface area (Å²) in [6.07, 6.45) is 0. The first-order valence-corrected chi connectivity index (χ1v) is 6.36. The van der Waals surface area contributed by atoms with Gasteiger partial charge >= 0.3 is 0 Å². The third-order valence-electron chi connectivity index (χ3n) is 3.32. The summed E-state index contributed by atoms with van der Waals surface area (Å²) < 4.78 is 5.42. The summed E-state index contributed by atoms with van der Waals surface area (Å²) in [4.78, 5) is 2.43. The van der Waals surface area contributed by atoms with E-state index in [4.69, 9.17) is 4.74 Å². The van der Waals surface area contributed by atoms with Crippen molar-refractivity contribution in [3.05, 3.63) is 23.8 Å². The van der Waals surface area contributed by atoms with Crippen LogP contribution in [0.4, 0.5) is 5.69 Å². The monoisotopic (exact) mass is 234 g/mol. The molecule has 1 N–H and O–H groups in total. The minimum atomic E-state index is 0.493. The number of anilines is 1. The van der Waals surface area contributed by atoms with E-state index in [-0.39, 0.29) is 0 Å². The Bertz CT molecular complexity index is 370. The van der Waals surface area contributed by atoms with Crippen molar-refractivity contribution in [2.45, 2.75) is 19.8 Å². The quantitative estimate of drug-likeness (QED) is 0.868. The van der Waals surface area contributed by atoms with E-state index in [1.807, 2.05) is 0 Å². The van der Waals surface area contributed by atoms with E-state index in [0.717, 1.165) is 31.9 Å². The predicted molar refractivity (Wildman–Crippen MR) is 72.2 cm³/mol. The van der Waals surface area contributed by atoms with Crippen LogP contribution in [-0.2, 0) is 0 Å². The molecule has 0 aliphatic carbocycles. The van der Waals surface area contributed by atoms with Gasteiger partial charge in [-0.05, 0) is 29.7 Å². The zero-order valence-electron chi connectivity index (χ0n) is 11.0. The second-order valence-corrected chi connectivity index (χ2v) is 4.82. The molecule has 1 aliphatic rings. The number of hydrogen-bond donors (Lipinski definition) is 1. The number of methoxy groups -OCH3 is 1. The number of ether oxygens (including phenoxy) is 1. The van der Waals surface area contributed by atoms with Crippen LogP contribution in [0.25, 0.3) is 0 Å². The summed E-state index contributed by atoms with van der Waals surface area (Å²) in [7, 11) is 1.74. The van der Waals surface area contributed by atoms with Crippen LogP contribution in [0.1, 0.15) is 25.3 Å². The third kappa shape index (κ3) is 2.72. The Morgan fingerprint density at radius 3 is 2.53 bits per heavy atom. The highest BCUT2D eigenvalue weighted by atomic mass is 16.5. The number of hydrogen-bond acceptors (Lipinski definition) is 3. The summed E-state index contributed by atoms with van der Waals surface area (Å²) in [5.41, 5.74) is 2.61. The maximum Gasteiger partial charge on any atom is 0.122 e. The maximum atomic E-state index is 5.42. The Labute approximate surface area is 104 Å². The van der Waals surface area contributed by atoms with E-state index in [0.29, 0.717) is 5.92 Å². The Kier molecular flexibility index (Phi) is 3.89. The molecule has 0 radical (unpaired) electrons. The SMILES string of the molecule is COc1ccc(N2CCNCC2)cc1C(C)C. The molecule has 0 unspecified atom stereocenters. The van der Waals surface area contributed by atoms with Crippen LogP contribution in [0.3, 0.4) is 0 Å². The molecule has 3 nitrogen and oxygen atoms in total. The molecule has 1 fully saturated rings. The lowest BCUT2D eigenvalue weighted by molar-refractivity contribution is 0.407. The summed E-state index contributed by atoms with van der Waals surface area (Å²) in [6.45, 7) is 8.73. The molecule has 1 aromatic carbocycles. The fourth-order valence-corrected chi connectivity index (χ4v) is 2.29. The van der Waals surface area contributed by atoms with Gasteiger partial charge in [0, 0.05) is 31.9 Å². The van der Waals surface area contributed by atoms with Crippen LogP contribution in [0.2, 0.25) is 0 Å². The number of piperazine rings is 1. The first-order valence-electron chi connectivity index (χ1n) is 6.36. The van der Waals surface area contributed by atoms with Gasteiger partial charge in [-0.2, -0.15) is 0 Å². The number of nitrogens with zero attached hydrogens (tertiary/aromatic N) is 1. The molecular formula is C14H22N2O. The lowest BCUT2D eigenvalue weighted by Gasteiger charge is -2.30. The molecule has 0 aromatic heterocycles. The van der Waals surface area contributed by atoms with Crippen LogP contribution < -0.4 is 15.0 Å². The minimum Gasteiger partial charge on any atom is -0.496 e. The van der Waals surface area contributed by atoms with E-state index in [9.17, 15) is 0 Å². The smallest absolute Gasteiger partial charge is 0.122 e.